The Bertz CT molecular complexity index is 490. The van der Waals surface area contributed by atoms with E-state index in [-0.39, 0.29) is 33.1 Å². The van der Waals surface area contributed by atoms with Gasteiger partial charge in [0, 0.05) is 0 Å². The van der Waals surface area contributed by atoms with E-state index in [1.165, 1.54) is 6.07 Å². The van der Waals surface area contributed by atoms with Gasteiger partial charge >= 0.3 is 123 Å². The Morgan fingerprint density at radius 2 is 2.20 bits per heavy atom. The summed E-state index contributed by atoms with van der Waals surface area (Å²) in [5.41, 5.74) is -0.139. The van der Waals surface area contributed by atoms with Crippen molar-refractivity contribution in [2.45, 2.75) is 31.6 Å². The monoisotopic (exact) mass is 342 g/mol. The van der Waals surface area contributed by atoms with Crippen LogP contribution >= 0.6 is 0 Å². The minimum atomic E-state index is -1.15. The van der Waals surface area contributed by atoms with Crippen molar-refractivity contribution in [2.24, 2.45) is 0 Å². The van der Waals surface area contributed by atoms with Gasteiger partial charge in [-0.1, -0.05) is 0 Å². The van der Waals surface area contributed by atoms with Gasteiger partial charge in [-0.25, -0.2) is 0 Å². The van der Waals surface area contributed by atoms with E-state index in [0.29, 0.717) is 11.0 Å². The molecule has 109 valence electrons. The molecule has 0 atom stereocenters. The first-order chi connectivity index (χ1) is 9.41. The number of hydrogen-bond acceptors (Lipinski definition) is 4. The van der Waals surface area contributed by atoms with Crippen LogP contribution in [-0.2, 0) is 4.74 Å². The quantitative estimate of drug-likeness (QED) is 0.337. The van der Waals surface area contributed by atoms with Crippen molar-refractivity contribution in [3.8, 4) is 0 Å². The number of nitro benzene ring substituents is 1. The normalized spacial score (nSPS) is 11.3. The summed E-state index contributed by atoms with van der Waals surface area (Å²) in [6.07, 6.45) is 1.05. The second-order valence-electron chi connectivity index (χ2n) is 4.42. The van der Waals surface area contributed by atoms with Crippen LogP contribution in [0, 0.1) is 10.1 Å². The molecule has 20 heavy (non-hydrogen) atoms. The summed E-state index contributed by atoms with van der Waals surface area (Å²) in [5, 5.41) is 20.7. The third-order valence-electron chi connectivity index (χ3n) is 2.45. The summed E-state index contributed by atoms with van der Waals surface area (Å²) >= 11 is -0.353. The van der Waals surface area contributed by atoms with Gasteiger partial charge in [0.15, 0.2) is 0 Å². The number of nitro groups is 1. The van der Waals surface area contributed by atoms with E-state index in [9.17, 15) is 14.9 Å². The van der Waals surface area contributed by atoms with Crippen LogP contribution in [0.2, 0.25) is 5.21 Å². The number of nitrogens with zero attached hydrogens (tertiary/aromatic N) is 1. The molecule has 1 N–H and O–H groups in total. The molecule has 7 heteroatoms. The van der Waals surface area contributed by atoms with Crippen molar-refractivity contribution < 1.29 is 19.6 Å². The van der Waals surface area contributed by atoms with Gasteiger partial charge in [-0.2, -0.15) is 0 Å². The fourth-order valence-electron chi connectivity index (χ4n) is 1.52. The first-order valence-electron chi connectivity index (χ1n) is 6.22. The van der Waals surface area contributed by atoms with Gasteiger partial charge in [-0.3, -0.25) is 0 Å². The van der Waals surface area contributed by atoms with Crippen LogP contribution in [0.5, 0.6) is 0 Å². The average molecular weight is 342 g/mol. The van der Waals surface area contributed by atoms with Crippen molar-refractivity contribution in [3.63, 3.8) is 0 Å². The number of benzene rings is 1. The van der Waals surface area contributed by atoms with Crippen LogP contribution in [0.25, 0.3) is 0 Å². The van der Waals surface area contributed by atoms with Crippen molar-refractivity contribution in [2.75, 3.05) is 6.61 Å². The number of carbonyl (C=O) groups is 1. The fraction of sp³-hybridized carbons (Fsp3) is 0.462. The van der Waals surface area contributed by atoms with Gasteiger partial charge < -0.3 is 0 Å². The summed E-state index contributed by atoms with van der Waals surface area (Å²) < 4.78 is 6.06. The molecule has 0 unspecified atom stereocenters. The summed E-state index contributed by atoms with van der Waals surface area (Å²) in [6.45, 7) is 4.57. The Balaban J connectivity index is 2.65. The third-order valence-corrected chi connectivity index (χ3v) is 5.10. The Kier molecular flexibility index (Phi) is 6.68. The number of carboxylic acid groups (broad SMARTS) is 1. The molecule has 1 radical (unpaired) electrons. The predicted octanol–water partition coefficient (Wildman–Crippen LogP) is 1.86. The van der Waals surface area contributed by atoms with Crippen LogP contribution in [0.1, 0.15) is 30.6 Å². The third kappa shape index (κ3) is 5.31. The molecule has 1 aromatic rings. The fourth-order valence-corrected chi connectivity index (χ4v) is 3.65. The predicted molar refractivity (Wildman–Crippen MR) is 76.0 cm³/mol. The van der Waals surface area contributed by atoms with Gasteiger partial charge in [0.25, 0.3) is 0 Å². The van der Waals surface area contributed by atoms with Crippen LogP contribution in [-0.4, -0.2) is 44.5 Å². The van der Waals surface area contributed by atoms with Crippen molar-refractivity contribution in [1.82, 2.24) is 0 Å². The molecular formula is C13H17AsNO5. The Labute approximate surface area is 124 Å². The molecule has 0 saturated carbocycles. The minimum absolute atomic E-state index is 0.0511. The zero-order valence-corrected chi connectivity index (χ0v) is 13.3. The second-order valence-corrected chi connectivity index (χ2v) is 7.03. The van der Waals surface area contributed by atoms with E-state index < -0.39 is 10.9 Å². The van der Waals surface area contributed by atoms with Crippen molar-refractivity contribution in [3.05, 3.63) is 33.9 Å². The molecule has 0 bridgehead atoms. The molecule has 0 spiro atoms. The van der Waals surface area contributed by atoms with E-state index in [2.05, 4.69) is 0 Å². The Morgan fingerprint density at radius 3 is 2.75 bits per heavy atom. The molecule has 0 aliphatic rings. The number of ether oxygens (including phenoxy) is 1. The number of rotatable bonds is 8. The SMILES string of the molecule is CC(C)OCCC[As]c1ccc(C(=O)O)cc1[N+](=O)[O-]. The maximum atomic E-state index is 11.0. The van der Waals surface area contributed by atoms with Crippen molar-refractivity contribution in [1.29, 1.82) is 0 Å². The van der Waals surface area contributed by atoms with E-state index in [0.717, 1.165) is 17.7 Å². The molecule has 1 aromatic carbocycles. The maximum absolute atomic E-state index is 11.0. The molecule has 6 nitrogen and oxygen atoms in total. The topological polar surface area (TPSA) is 89.7 Å². The molecule has 0 saturated heterocycles. The molecule has 0 aromatic heterocycles. The summed E-state index contributed by atoms with van der Waals surface area (Å²) in [5.74, 6) is -1.15. The van der Waals surface area contributed by atoms with Gasteiger partial charge in [0.05, 0.1) is 0 Å². The van der Waals surface area contributed by atoms with E-state index in [4.69, 9.17) is 9.84 Å². The van der Waals surface area contributed by atoms with Crippen LogP contribution in [0.15, 0.2) is 18.2 Å². The summed E-state index contributed by atoms with van der Waals surface area (Å²) in [7, 11) is 0. The van der Waals surface area contributed by atoms with Gasteiger partial charge in [0.2, 0.25) is 0 Å². The van der Waals surface area contributed by atoms with Crippen LogP contribution in [0.3, 0.4) is 0 Å². The van der Waals surface area contributed by atoms with E-state index in [1.807, 2.05) is 13.8 Å². The molecule has 0 heterocycles. The zero-order valence-electron chi connectivity index (χ0n) is 11.4. The second kappa shape index (κ2) is 8.02. The first kappa shape index (κ1) is 16.7. The molecule has 1 rings (SSSR count). The molecule has 0 fully saturated rings. The average Bonchev–Trinajstić information content (AvgIpc) is 2.37. The summed E-state index contributed by atoms with van der Waals surface area (Å²) in [6, 6.07) is 4.12. The number of carboxylic acids is 1. The van der Waals surface area contributed by atoms with E-state index in [1.54, 1.807) is 6.07 Å². The van der Waals surface area contributed by atoms with Gasteiger partial charge in [0.1, 0.15) is 0 Å². The molecule has 0 aliphatic carbocycles. The van der Waals surface area contributed by atoms with Crippen LogP contribution in [0.4, 0.5) is 5.69 Å². The van der Waals surface area contributed by atoms with Gasteiger partial charge in [-0.15, -0.1) is 0 Å². The number of aromatic carboxylic acids is 1. The van der Waals surface area contributed by atoms with Crippen LogP contribution < -0.4 is 4.35 Å². The van der Waals surface area contributed by atoms with Crippen molar-refractivity contribution >= 4 is 31.8 Å². The zero-order chi connectivity index (χ0) is 15.1. The van der Waals surface area contributed by atoms with E-state index >= 15 is 0 Å². The molecule has 0 amide bonds. The Hall–Kier alpha value is -1.39. The Morgan fingerprint density at radius 1 is 1.50 bits per heavy atom. The standard InChI is InChI=1S/C13H17AsNO5/c1-9(2)20-7-3-6-14-11-5-4-10(13(16)17)8-12(11)15(18)19/h4-5,8-9H,3,6-7H2,1-2H3,(H,16,17). The molecular weight excluding hydrogens is 325 g/mol. The number of hydrogen-bond donors (Lipinski definition) is 1. The molecule has 0 aliphatic heterocycles. The summed E-state index contributed by atoms with van der Waals surface area (Å²) in [4.78, 5) is 21.3. The van der Waals surface area contributed by atoms with Gasteiger partial charge in [-0.05, 0) is 0 Å². The first-order valence-corrected chi connectivity index (χ1v) is 8.49.